The molecule has 0 aliphatic rings. The van der Waals surface area contributed by atoms with E-state index in [0.717, 1.165) is 6.07 Å². The van der Waals surface area contributed by atoms with Crippen molar-refractivity contribution in [3.63, 3.8) is 0 Å². The van der Waals surface area contributed by atoms with Crippen molar-refractivity contribution in [2.24, 2.45) is 0 Å². The molecule has 0 saturated heterocycles. The molecule has 0 bridgehead atoms. The fourth-order valence-corrected chi connectivity index (χ4v) is 2.75. The third-order valence-electron chi connectivity index (χ3n) is 2.67. The number of aryl methyl sites for hydroxylation is 1. The minimum atomic E-state index is -3.79. The van der Waals surface area contributed by atoms with E-state index in [9.17, 15) is 17.6 Å². The molecule has 9 heteroatoms. The highest BCUT2D eigenvalue weighted by molar-refractivity contribution is 7.91. The Hall–Kier alpha value is -2.29. The molecule has 22 heavy (non-hydrogen) atoms. The van der Waals surface area contributed by atoms with E-state index in [-0.39, 0.29) is 11.6 Å². The fraction of sp³-hybridized carbons (Fsp3) is 0.308. The number of para-hydroxylation sites is 1. The van der Waals surface area contributed by atoms with Gasteiger partial charge in [-0.25, -0.2) is 12.8 Å². The number of carbonyl (C=O) groups excluding carboxylic acids is 1. The number of hydrogen-bond donors (Lipinski definition) is 1. The smallest absolute Gasteiger partial charge is 0.241 e. The van der Waals surface area contributed by atoms with Gasteiger partial charge in [0.15, 0.2) is 15.7 Å². The van der Waals surface area contributed by atoms with Gasteiger partial charge in [-0.05, 0) is 12.1 Å². The van der Waals surface area contributed by atoms with Crippen molar-refractivity contribution in [1.29, 1.82) is 0 Å². The molecule has 0 unspecified atom stereocenters. The van der Waals surface area contributed by atoms with Gasteiger partial charge < -0.3 is 9.84 Å². The van der Waals surface area contributed by atoms with Crippen LogP contribution in [0.1, 0.15) is 18.6 Å². The van der Waals surface area contributed by atoms with Crippen LogP contribution in [0.2, 0.25) is 0 Å². The first-order chi connectivity index (χ1) is 10.4. The number of sulfone groups is 1. The molecule has 0 aliphatic carbocycles. The minimum absolute atomic E-state index is 0.0736. The van der Waals surface area contributed by atoms with E-state index in [1.165, 1.54) is 18.2 Å². The van der Waals surface area contributed by atoms with Crippen LogP contribution in [-0.2, 0) is 26.8 Å². The normalized spacial score (nSPS) is 11.4. The summed E-state index contributed by atoms with van der Waals surface area (Å²) in [4.78, 5) is 15.6. The van der Waals surface area contributed by atoms with E-state index in [2.05, 4.69) is 15.5 Å². The van der Waals surface area contributed by atoms with Crippen molar-refractivity contribution in [1.82, 2.24) is 10.1 Å². The van der Waals surface area contributed by atoms with E-state index < -0.39 is 33.1 Å². The molecule has 0 atom stereocenters. The zero-order valence-electron chi connectivity index (χ0n) is 11.7. The van der Waals surface area contributed by atoms with Crippen molar-refractivity contribution in [3.8, 4) is 0 Å². The topological polar surface area (TPSA) is 102 Å². The zero-order chi connectivity index (χ0) is 16.2. The summed E-state index contributed by atoms with van der Waals surface area (Å²) < 4.78 is 42.0. The standard InChI is InChI=1S/C13H14FN3O4S/c1-2-11-16-13(21-17-11)8-22(19,20)7-12(18)15-10-6-4-3-5-9(10)14/h3-6H,2,7-8H2,1H3,(H,15,18). The SMILES string of the molecule is CCc1noc(CS(=O)(=O)CC(=O)Nc2ccccc2F)n1. The average Bonchev–Trinajstić information content (AvgIpc) is 2.87. The van der Waals surface area contributed by atoms with Crippen molar-refractivity contribution in [3.05, 3.63) is 41.8 Å². The van der Waals surface area contributed by atoms with Gasteiger partial charge in [0.1, 0.15) is 17.3 Å². The molecule has 0 fully saturated rings. The second-order valence-corrected chi connectivity index (χ2v) is 6.58. The first kappa shape index (κ1) is 16.1. The maximum absolute atomic E-state index is 13.4. The summed E-state index contributed by atoms with van der Waals surface area (Å²) in [6.07, 6.45) is 0.511. The van der Waals surface area contributed by atoms with Gasteiger partial charge >= 0.3 is 0 Å². The third kappa shape index (κ3) is 4.35. The monoisotopic (exact) mass is 327 g/mol. The van der Waals surface area contributed by atoms with Crippen molar-refractivity contribution in [2.75, 3.05) is 11.1 Å². The van der Waals surface area contributed by atoms with Crippen LogP contribution in [0.3, 0.4) is 0 Å². The Morgan fingerprint density at radius 1 is 1.36 bits per heavy atom. The molecule has 2 rings (SSSR count). The fourth-order valence-electron chi connectivity index (χ4n) is 1.68. The summed E-state index contributed by atoms with van der Waals surface area (Å²) in [6.45, 7) is 1.80. The van der Waals surface area contributed by atoms with E-state index in [4.69, 9.17) is 4.52 Å². The van der Waals surface area contributed by atoms with E-state index in [1.807, 2.05) is 0 Å². The zero-order valence-corrected chi connectivity index (χ0v) is 12.6. The minimum Gasteiger partial charge on any atom is -0.338 e. The summed E-state index contributed by atoms with van der Waals surface area (Å²) in [5.74, 6) is -2.50. The van der Waals surface area contributed by atoms with E-state index >= 15 is 0 Å². The molecule has 0 aliphatic heterocycles. The van der Waals surface area contributed by atoms with Crippen molar-refractivity contribution < 1.29 is 22.1 Å². The highest BCUT2D eigenvalue weighted by Crippen LogP contribution is 2.13. The molecule has 2 aromatic rings. The van der Waals surface area contributed by atoms with Gasteiger partial charge in [-0.15, -0.1) is 0 Å². The summed E-state index contributed by atoms with van der Waals surface area (Å²) >= 11 is 0. The Morgan fingerprint density at radius 3 is 2.73 bits per heavy atom. The van der Waals surface area contributed by atoms with Gasteiger partial charge in [0.2, 0.25) is 11.8 Å². The Bertz CT molecular complexity index is 773. The van der Waals surface area contributed by atoms with Gasteiger partial charge in [-0.1, -0.05) is 24.2 Å². The van der Waals surface area contributed by atoms with Gasteiger partial charge in [-0.2, -0.15) is 4.98 Å². The molecule has 1 N–H and O–H groups in total. The molecule has 0 spiro atoms. The number of hydrogen-bond acceptors (Lipinski definition) is 6. The third-order valence-corrected chi connectivity index (χ3v) is 4.06. The molecular weight excluding hydrogens is 313 g/mol. The molecule has 1 heterocycles. The quantitative estimate of drug-likeness (QED) is 0.858. The Kier molecular flexibility index (Phi) is 4.86. The first-order valence-corrected chi connectivity index (χ1v) is 8.28. The second kappa shape index (κ2) is 6.65. The van der Waals surface area contributed by atoms with Gasteiger partial charge in [0, 0.05) is 6.42 Å². The van der Waals surface area contributed by atoms with Crippen LogP contribution in [0, 0.1) is 5.82 Å². The lowest BCUT2D eigenvalue weighted by atomic mass is 10.3. The van der Waals surface area contributed by atoms with Crippen LogP contribution in [0.15, 0.2) is 28.8 Å². The van der Waals surface area contributed by atoms with Crippen LogP contribution in [0.25, 0.3) is 0 Å². The van der Waals surface area contributed by atoms with Crippen molar-refractivity contribution >= 4 is 21.4 Å². The van der Waals surface area contributed by atoms with Crippen LogP contribution >= 0.6 is 0 Å². The molecule has 1 amide bonds. The van der Waals surface area contributed by atoms with Crippen LogP contribution in [0.4, 0.5) is 10.1 Å². The summed E-state index contributed by atoms with van der Waals surface area (Å²) in [6, 6.07) is 5.49. The summed E-state index contributed by atoms with van der Waals surface area (Å²) in [5, 5.41) is 5.79. The number of amides is 1. The van der Waals surface area contributed by atoms with Gasteiger partial charge in [0.05, 0.1) is 5.69 Å². The number of halogens is 1. The number of nitrogens with one attached hydrogen (secondary N) is 1. The van der Waals surface area contributed by atoms with Gasteiger partial charge in [-0.3, -0.25) is 4.79 Å². The molecule has 1 aromatic heterocycles. The summed E-state index contributed by atoms with van der Waals surface area (Å²) in [7, 11) is -3.79. The van der Waals surface area contributed by atoms with Crippen molar-refractivity contribution in [2.45, 2.75) is 19.1 Å². The highest BCUT2D eigenvalue weighted by atomic mass is 32.2. The maximum atomic E-state index is 13.4. The number of nitrogens with zero attached hydrogens (tertiary/aromatic N) is 2. The summed E-state index contributed by atoms with van der Waals surface area (Å²) in [5.41, 5.74) is -0.0752. The molecule has 0 saturated carbocycles. The van der Waals surface area contributed by atoms with Gasteiger partial charge in [0.25, 0.3) is 0 Å². The Labute approximate surface area is 126 Å². The van der Waals surface area contributed by atoms with Crippen LogP contribution < -0.4 is 5.32 Å². The molecule has 0 radical (unpaired) electrons. The first-order valence-electron chi connectivity index (χ1n) is 6.46. The number of anilines is 1. The average molecular weight is 327 g/mol. The number of benzene rings is 1. The Morgan fingerprint density at radius 2 is 2.09 bits per heavy atom. The van der Waals surface area contributed by atoms with Crippen LogP contribution in [-0.4, -0.2) is 30.2 Å². The molecule has 7 nitrogen and oxygen atoms in total. The predicted octanol–water partition coefficient (Wildman–Crippen LogP) is 1.32. The predicted molar refractivity (Wildman–Crippen MR) is 76.2 cm³/mol. The van der Waals surface area contributed by atoms with Crippen LogP contribution in [0.5, 0.6) is 0 Å². The number of rotatable bonds is 6. The molecule has 118 valence electrons. The lowest BCUT2D eigenvalue weighted by Crippen LogP contribution is -2.24. The van der Waals surface area contributed by atoms with E-state index in [1.54, 1.807) is 6.92 Å². The maximum Gasteiger partial charge on any atom is 0.241 e. The lowest BCUT2D eigenvalue weighted by Gasteiger charge is -2.06. The number of carbonyl (C=O) groups is 1. The molecule has 1 aromatic carbocycles. The van der Waals surface area contributed by atoms with E-state index in [0.29, 0.717) is 12.2 Å². The highest BCUT2D eigenvalue weighted by Gasteiger charge is 2.21. The number of aromatic nitrogens is 2. The largest absolute Gasteiger partial charge is 0.338 e. The second-order valence-electron chi connectivity index (χ2n) is 4.52. The lowest BCUT2D eigenvalue weighted by molar-refractivity contribution is -0.113. The Balaban J connectivity index is 1.99. The molecular formula is C13H14FN3O4S.